The summed E-state index contributed by atoms with van der Waals surface area (Å²) in [4.78, 5) is 12.5. The topological polar surface area (TPSA) is 40.9 Å². The van der Waals surface area contributed by atoms with Crippen LogP contribution in [-0.4, -0.2) is 14.7 Å². The molecule has 0 heterocycles. The number of allylic oxidation sites excluding steroid dienone is 3. The number of rotatable bonds is 8. The molecule has 1 N–H and O–H groups in total. The van der Waals surface area contributed by atoms with E-state index in [2.05, 4.69) is 58.5 Å². The van der Waals surface area contributed by atoms with Gasteiger partial charge in [0.05, 0.1) is 14.3 Å². The van der Waals surface area contributed by atoms with Gasteiger partial charge in [-0.1, -0.05) is 75.3 Å². The first kappa shape index (κ1) is 19.7. The van der Waals surface area contributed by atoms with Crippen LogP contribution in [0.1, 0.15) is 53.4 Å². The number of amides is 1. The summed E-state index contributed by atoms with van der Waals surface area (Å²) in [6, 6.07) is 10.4. The fraction of sp³-hybridized carbons (Fsp3) is 0.500. The molecule has 0 aliphatic heterocycles. The van der Waals surface area contributed by atoms with Gasteiger partial charge in [0.2, 0.25) is 5.91 Å². The van der Waals surface area contributed by atoms with Gasteiger partial charge in [-0.25, -0.2) is 0 Å². The second-order valence-electron chi connectivity index (χ2n) is 7.00. The summed E-state index contributed by atoms with van der Waals surface area (Å²) in [5.74, 6) is -0.0110. The van der Waals surface area contributed by atoms with Gasteiger partial charge in [-0.2, -0.15) is 0 Å². The minimum absolute atomic E-state index is 0.201. The largest absolute Gasteiger partial charge is 0.273 e. The smallest absolute Gasteiger partial charge is 0.242 e. The van der Waals surface area contributed by atoms with Crippen molar-refractivity contribution in [2.45, 2.75) is 65.5 Å². The third kappa shape index (κ3) is 3.66. The van der Waals surface area contributed by atoms with Gasteiger partial charge in [0.15, 0.2) is 0 Å². The van der Waals surface area contributed by atoms with Crippen LogP contribution < -0.4 is 10.9 Å². The van der Waals surface area contributed by atoms with Gasteiger partial charge in [-0.15, -0.1) is 0 Å². The second-order valence-corrected chi connectivity index (χ2v) is 9.91. The lowest BCUT2D eigenvalue weighted by Crippen LogP contribution is -2.38. The molecule has 3 atom stereocenters. The van der Waals surface area contributed by atoms with E-state index < -0.39 is 8.80 Å². The lowest BCUT2D eigenvalue weighted by atomic mass is 9.88. The summed E-state index contributed by atoms with van der Waals surface area (Å²) in [6.45, 7) is 11.1. The predicted molar refractivity (Wildman–Crippen MR) is 110 cm³/mol. The monoisotopic (exact) mass is 354 g/mol. The zero-order valence-electron chi connectivity index (χ0n) is 16.4. The molecule has 1 amide bonds. The molecule has 135 valence electrons. The van der Waals surface area contributed by atoms with E-state index in [4.69, 9.17) is 5.73 Å². The number of hydrogen-bond donors (Lipinski definition) is 0. The first-order valence-electron chi connectivity index (χ1n) is 9.77. The van der Waals surface area contributed by atoms with Crippen LogP contribution in [0.3, 0.4) is 0 Å². The molecule has 0 spiro atoms. The number of carbonyl (C=O) groups excluding carboxylic acids is 1. The molecule has 1 aromatic rings. The van der Waals surface area contributed by atoms with Crippen molar-refractivity contribution in [2.24, 2.45) is 5.92 Å². The molecule has 0 saturated carbocycles. The van der Waals surface area contributed by atoms with E-state index in [-0.39, 0.29) is 11.4 Å². The third-order valence-corrected chi connectivity index (χ3v) is 8.93. The van der Waals surface area contributed by atoms with E-state index in [0.717, 1.165) is 25.7 Å². The lowest BCUT2D eigenvalue weighted by molar-refractivity contribution is -0.118. The van der Waals surface area contributed by atoms with Gasteiger partial charge in [0.25, 0.3) is 0 Å². The van der Waals surface area contributed by atoms with Crippen LogP contribution in [0, 0.1) is 5.92 Å². The van der Waals surface area contributed by atoms with Crippen LogP contribution in [0.5, 0.6) is 0 Å². The van der Waals surface area contributed by atoms with Crippen LogP contribution in [-0.2, 0) is 4.79 Å². The predicted octanol–water partition coefficient (Wildman–Crippen LogP) is 4.79. The quantitative estimate of drug-likeness (QED) is 0.619. The van der Waals surface area contributed by atoms with Crippen molar-refractivity contribution in [3.63, 3.8) is 0 Å². The minimum atomic E-state index is -1.59. The van der Waals surface area contributed by atoms with Gasteiger partial charge in [0, 0.05) is 5.92 Å². The molecular formula is C22H32NOSi. The Bertz CT molecular complexity index is 675. The Morgan fingerprint density at radius 2 is 1.64 bits per heavy atom. The summed E-state index contributed by atoms with van der Waals surface area (Å²) in [5.41, 5.74) is 13.6. The normalized spacial score (nSPS) is 20.1. The molecule has 0 bridgehead atoms. The number of hydrogen-bond acceptors (Lipinski definition) is 1. The summed E-state index contributed by atoms with van der Waals surface area (Å²) < 4.78 is 0. The van der Waals surface area contributed by atoms with Crippen LogP contribution >= 0.6 is 0 Å². The molecule has 0 aromatic heterocycles. The molecule has 1 aliphatic rings. The van der Waals surface area contributed by atoms with E-state index in [1.54, 1.807) is 0 Å². The van der Waals surface area contributed by atoms with Crippen LogP contribution in [0.15, 0.2) is 52.6 Å². The first-order valence-corrected chi connectivity index (χ1v) is 12.2. The van der Waals surface area contributed by atoms with E-state index in [0.29, 0.717) is 5.92 Å². The molecule has 1 aliphatic carbocycles. The minimum Gasteiger partial charge on any atom is -0.273 e. The second kappa shape index (κ2) is 8.66. The van der Waals surface area contributed by atoms with Crippen molar-refractivity contribution in [2.75, 3.05) is 0 Å². The average molecular weight is 355 g/mol. The number of carbonyl (C=O) groups is 1. The molecule has 1 radical (unpaired) electrons. The molecule has 25 heavy (non-hydrogen) atoms. The zero-order valence-corrected chi connectivity index (χ0v) is 17.5. The van der Waals surface area contributed by atoms with E-state index >= 15 is 0 Å². The summed E-state index contributed by atoms with van der Waals surface area (Å²) >= 11 is 0. The maximum Gasteiger partial charge on any atom is 0.242 e. The Labute approximate surface area is 154 Å². The van der Waals surface area contributed by atoms with Crippen LogP contribution in [0.25, 0.3) is 0 Å². The lowest BCUT2D eigenvalue weighted by Gasteiger charge is -2.28. The van der Waals surface area contributed by atoms with Crippen molar-refractivity contribution in [1.82, 2.24) is 5.73 Å². The molecule has 3 unspecified atom stereocenters. The number of benzene rings is 1. The Morgan fingerprint density at radius 1 is 1.04 bits per heavy atom. The fourth-order valence-corrected chi connectivity index (χ4v) is 7.39. The fourth-order valence-electron chi connectivity index (χ4n) is 4.75. The Hall–Kier alpha value is -1.61. The van der Waals surface area contributed by atoms with E-state index in [1.807, 2.05) is 6.07 Å². The number of nitrogens with one attached hydrogen (secondary N) is 1. The molecule has 0 fully saturated rings. The molecule has 2 nitrogen and oxygen atoms in total. The maximum absolute atomic E-state index is 12.5. The van der Waals surface area contributed by atoms with Crippen LogP contribution in [0.4, 0.5) is 0 Å². The van der Waals surface area contributed by atoms with Gasteiger partial charge in [0.1, 0.15) is 0 Å². The van der Waals surface area contributed by atoms with Crippen molar-refractivity contribution in [3.05, 3.63) is 52.6 Å². The van der Waals surface area contributed by atoms with Crippen molar-refractivity contribution in [3.8, 4) is 0 Å². The highest BCUT2D eigenvalue weighted by Gasteiger charge is 2.39. The van der Waals surface area contributed by atoms with Gasteiger partial charge in [-0.05, 0) is 42.4 Å². The van der Waals surface area contributed by atoms with Crippen LogP contribution in [0.2, 0.25) is 12.1 Å². The highest BCUT2D eigenvalue weighted by atomic mass is 28.3. The standard InChI is InChI=1S/C22H32NOSi/c1-6-16-17(7-2)19(9-4)20(18(16)8-3)21(22(23)24)25(5)15-13-11-10-12-14-15/h10-14,18,21,23,25H,6-9H2,1-5H3. The third-order valence-electron chi connectivity index (χ3n) is 5.84. The van der Waals surface area contributed by atoms with Gasteiger partial charge >= 0.3 is 0 Å². The van der Waals surface area contributed by atoms with Crippen molar-refractivity contribution in [1.29, 1.82) is 0 Å². The Kier molecular flexibility index (Phi) is 6.83. The highest BCUT2D eigenvalue weighted by molar-refractivity contribution is 6.77. The SMILES string of the molecule is CCC1=C(CC)C(CC)C(C(C([NH])=O)[SiH](C)c2ccccc2)=C1CC. The van der Waals surface area contributed by atoms with Gasteiger partial charge < -0.3 is 0 Å². The van der Waals surface area contributed by atoms with Crippen molar-refractivity contribution < 1.29 is 4.79 Å². The molecular weight excluding hydrogens is 322 g/mol. The Morgan fingerprint density at radius 3 is 2.08 bits per heavy atom. The maximum atomic E-state index is 12.5. The summed E-state index contributed by atoms with van der Waals surface area (Å²) in [6.07, 6.45) is 4.09. The summed E-state index contributed by atoms with van der Waals surface area (Å²) in [7, 11) is -1.59. The molecule has 3 heteroatoms. The van der Waals surface area contributed by atoms with Crippen molar-refractivity contribution >= 4 is 19.9 Å². The summed E-state index contributed by atoms with van der Waals surface area (Å²) in [5, 5.41) is 1.29. The average Bonchev–Trinajstić information content (AvgIpc) is 2.94. The van der Waals surface area contributed by atoms with E-state index in [9.17, 15) is 4.79 Å². The molecule has 1 aromatic carbocycles. The zero-order chi connectivity index (χ0) is 18.6. The van der Waals surface area contributed by atoms with Gasteiger partial charge in [-0.3, -0.25) is 10.5 Å². The molecule has 2 rings (SSSR count). The Balaban J connectivity index is 2.58. The first-order chi connectivity index (χ1) is 12.0. The van der Waals surface area contributed by atoms with E-state index in [1.165, 1.54) is 27.5 Å². The highest BCUT2D eigenvalue weighted by Crippen LogP contribution is 2.48. The molecule has 0 saturated heterocycles.